The lowest BCUT2D eigenvalue weighted by Gasteiger charge is -2.32. The summed E-state index contributed by atoms with van der Waals surface area (Å²) in [5.41, 5.74) is 0. The average molecular weight is 199 g/mol. The molecule has 1 nitrogen and oxygen atoms in total. The molecule has 2 heteroatoms. The van der Waals surface area contributed by atoms with Gasteiger partial charge in [-0.3, -0.25) is 0 Å². The summed E-state index contributed by atoms with van der Waals surface area (Å²) < 4.78 is 13.5. The van der Waals surface area contributed by atoms with E-state index in [9.17, 15) is 4.39 Å². The molecule has 0 aromatic heterocycles. The first-order valence-corrected chi connectivity index (χ1v) is 6.26. The molecule has 2 fully saturated rings. The zero-order valence-electron chi connectivity index (χ0n) is 8.97. The van der Waals surface area contributed by atoms with E-state index in [1.54, 1.807) is 0 Å². The summed E-state index contributed by atoms with van der Waals surface area (Å²) in [5, 5.41) is 3.53. The Bertz CT molecular complexity index is 166. The highest BCUT2D eigenvalue weighted by molar-refractivity contribution is 4.84. The summed E-state index contributed by atoms with van der Waals surface area (Å²) in [4.78, 5) is 0. The highest BCUT2D eigenvalue weighted by Crippen LogP contribution is 2.24. The Kier molecular flexibility index (Phi) is 3.80. The normalized spacial score (nSPS) is 35.8. The molecule has 0 aromatic carbocycles. The summed E-state index contributed by atoms with van der Waals surface area (Å²) in [6, 6.07) is 0.789. The second-order valence-corrected chi connectivity index (χ2v) is 4.91. The molecule has 0 aromatic rings. The minimum absolute atomic E-state index is 0.173. The molecule has 0 amide bonds. The van der Waals surface area contributed by atoms with Crippen LogP contribution in [0.3, 0.4) is 0 Å². The number of rotatable bonds is 2. The van der Waals surface area contributed by atoms with Crippen molar-refractivity contribution >= 4 is 0 Å². The SMILES string of the molecule is FC1CCCCC1NC1CCCCC1. The first kappa shape index (κ1) is 10.4. The van der Waals surface area contributed by atoms with Crippen molar-refractivity contribution in [3.8, 4) is 0 Å². The van der Waals surface area contributed by atoms with Crippen LogP contribution in [0.5, 0.6) is 0 Å². The van der Waals surface area contributed by atoms with Gasteiger partial charge in [-0.25, -0.2) is 4.39 Å². The van der Waals surface area contributed by atoms with Crippen LogP contribution < -0.4 is 5.32 Å². The van der Waals surface area contributed by atoms with Crippen LogP contribution in [0.1, 0.15) is 57.8 Å². The molecule has 0 saturated heterocycles. The van der Waals surface area contributed by atoms with Crippen LogP contribution >= 0.6 is 0 Å². The van der Waals surface area contributed by atoms with Crippen molar-refractivity contribution in [3.05, 3.63) is 0 Å². The fraction of sp³-hybridized carbons (Fsp3) is 1.00. The molecular formula is C12H22FN. The average Bonchev–Trinajstić information content (AvgIpc) is 2.23. The molecule has 2 aliphatic carbocycles. The third-order valence-corrected chi connectivity index (χ3v) is 3.74. The molecule has 82 valence electrons. The number of hydrogen-bond donors (Lipinski definition) is 1. The third kappa shape index (κ3) is 2.69. The van der Waals surface area contributed by atoms with E-state index in [1.807, 2.05) is 0 Å². The maximum atomic E-state index is 13.5. The van der Waals surface area contributed by atoms with Gasteiger partial charge in [0.2, 0.25) is 0 Å². The summed E-state index contributed by atoms with van der Waals surface area (Å²) in [7, 11) is 0. The van der Waals surface area contributed by atoms with Crippen molar-refractivity contribution in [3.63, 3.8) is 0 Å². The van der Waals surface area contributed by atoms with Crippen LogP contribution in [0, 0.1) is 0 Å². The molecule has 2 aliphatic rings. The van der Waals surface area contributed by atoms with E-state index in [-0.39, 0.29) is 6.04 Å². The number of nitrogens with one attached hydrogen (secondary N) is 1. The standard InChI is InChI=1S/C12H22FN/c13-11-8-4-5-9-12(11)14-10-6-2-1-3-7-10/h10-12,14H,1-9H2. The first-order chi connectivity index (χ1) is 6.86. The predicted molar refractivity (Wildman–Crippen MR) is 57.2 cm³/mol. The Labute approximate surface area is 86.5 Å². The lowest BCUT2D eigenvalue weighted by atomic mass is 9.90. The van der Waals surface area contributed by atoms with Gasteiger partial charge >= 0.3 is 0 Å². The van der Waals surface area contributed by atoms with Crippen LogP contribution in [0.25, 0.3) is 0 Å². The van der Waals surface area contributed by atoms with Gasteiger partial charge in [0, 0.05) is 12.1 Å². The van der Waals surface area contributed by atoms with Gasteiger partial charge in [-0.2, -0.15) is 0 Å². The molecule has 14 heavy (non-hydrogen) atoms. The fourth-order valence-corrected chi connectivity index (χ4v) is 2.85. The molecule has 0 radical (unpaired) electrons. The van der Waals surface area contributed by atoms with Crippen molar-refractivity contribution in [2.24, 2.45) is 0 Å². The topological polar surface area (TPSA) is 12.0 Å². The van der Waals surface area contributed by atoms with E-state index >= 15 is 0 Å². The Morgan fingerprint density at radius 1 is 0.786 bits per heavy atom. The van der Waals surface area contributed by atoms with Crippen LogP contribution in [-0.4, -0.2) is 18.3 Å². The van der Waals surface area contributed by atoms with Crippen LogP contribution in [0.2, 0.25) is 0 Å². The second kappa shape index (κ2) is 5.11. The van der Waals surface area contributed by atoms with Crippen molar-refractivity contribution in [2.75, 3.05) is 0 Å². The lowest BCUT2D eigenvalue weighted by molar-refractivity contribution is 0.168. The van der Waals surface area contributed by atoms with E-state index in [2.05, 4.69) is 5.32 Å². The Hall–Kier alpha value is -0.110. The molecule has 2 saturated carbocycles. The molecule has 0 heterocycles. The Morgan fingerprint density at radius 3 is 2.14 bits per heavy atom. The molecule has 0 aliphatic heterocycles. The predicted octanol–water partition coefficient (Wildman–Crippen LogP) is 3.19. The van der Waals surface area contributed by atoms with Crippen LogP contribution in [-0.2, 0) is 0 Å². The van der Waals surface area contributed by atoms with E-state index < -0.39 is 6.17 Å². The van der Waals surface area contributed by atoms with Crippen molar-refractivity contribution in [1.82, 2.24) is 5.32 Å². The van der Waals surface area contributed by atoms with E-state index in [0.29, 0.717) is 6.04 Å². The van der Waals surface area contributed by atoms with Gasteiger partial charge in [-0.05, 0) is 25.7 Å². The number of alkyl halides is 1. The monoisotopic (exact) mass is 199 g/mol. The Balaban J connectivity index is 1.76. The van der Waals surface area contributed by atoms with Crippen molar-refractivity contribution in [2.45, 2.75) is 76.0 Å². The van der Waals surface area contributed by atoms with Crippen molar-refractivity contribution in [1.29, 1.82) is 0 Å². The van der Waals surface area contributed by atoms with Gasteiger partial charge in [0.05, 0.1) is 0 Å². The number of hydrogen-bond acceptors (Lipinski definition) is 1. The summed E-state index contributed by atoms with van der Waals surface area (Å²) in [5.74, 6) is 0. The molecule has 1 N–H and O–H groups in total. The van der Waals surface area contributed by atoms with Gasteiger partial charge in [0.15, 0.2) is 0 Å². The fourth-order valence-electron chi connectivity index (χ4n) is 2.85. The zero-order valence-corrected chi connectivity index (χ0v) is 8.97. The van der Waals surface area contributed by atoms with Gasteiger partial charge in [-0.15, -0.1) is 0 Å². The molecular weight excluding hydrogens is 177 g/mol. The highest BCUT2D eigenvalue weighted by Gasteiger charge is 2.27. The minimum Gasteiger partial charge on any atom is -0.308 e. The second-order valence-electron chi connectivity index (χ2n) is 4.91. The van der Waals surface area contributed by atoms with E-state index in [4.69, 9.17) is 0 Å². The third-order valence-electron chi connectivity index (χ3n) is 3.74. The zero-order chi connectivity index (χ0) is 9.80. The first-order valence-electron chi connectivity index (χ1n) is 6.26. The molecule has 2 unspecified atom stereocenters. The maximum absolute atomic E-state index is 13.5. The molecule has 0 bridgehead atoms. The van der Waals surface area contributed by atoms with Gasteiger partial charge < -0.3 is 5.32 Å². The van der Waals surface area contributed by atoms with Crippen molar-refractivity contribution < 1.29 is 4.39 Å². The smallest absolute Gasteiger partial charge is 0.115 e. The van der Waals surface area contributed by atoms with Gasteiger partial charge in [-0.1, -0.05) is 32.1 Å². The van der Waals surface area contributed by atoms with Crippen LogP contribution in [0.15, 0.2) is 0 Å². The van der Waals surface area contributed by atoms with Crippen LogP contribution in [0.4, 0.5) is 4.39 Å². The number of halogens is 1. The minimum atomic E-state index is -0.578. The molecule has 2 atom stereocenters. The highest BCUT2D eigenvalue weighted by atomic mass is 19.1. The molecule has 0 spiro atoms. The Morgan fingerprint density at radius 2 is 1.43 bits per heavy atom. The van der Waals surface area contributed by atoms with Gasteiger partial charge in [0.25, 0.3) is 0 Å². The van der Waals surface area contributed by atoms with E-state index in [1.165, 1.54) is 38.5 Å². The largest absolute Gasteiger partial charge is 0.308 e. The van der Waals surface area contributed by atoms with E-state index in [0.717, 1.165) is 19.3 Å². The maximum Gasteiger partial charge on any atom is 0.115 e. The summed E-state index contributed by atoms with van der Waals surface area (Å²) in [6.07, 6.45) is 10.1. The molecule has 2 rings (SSSR count). The lowest BCUT2D eigenvalue weighted by Crippen LogP contribution is -2.46. The summed E-state index contributed by atoms with van der Waals surface area (Å²) in [6.45, 7) is 0. The summed E-state index contributed by atoms with van der Waals surface area (Å²) >= 11 is 0. The quantitative estimate of drug-likeness (QED) is 0.720. The van der Waals surface area contributed by atoms with Gasteiger partial charge in [0.1, 0.15) is 6.17 Å².